The Balaban J connectivity index is 0.000000335. The number of carbonyl (C=O) groups is 2. The number of benzene rings is 4. The van der Waals surface area contributed by atoms with Gasteiger partial charge in [0, 0.05) is 48.5 Å². The quantitative estimate of drug-likeness (QED) is 0.192. The number of halogens is 6. The van der Waals surface area contributed by atoms with E-state index in [1.54, 1.807) is 0 Å². The van der Waals surface area contributed by atoms with Crippen LogP contribution in [0.4, 0.5) is 37.7 Å². The van der Waals surface area contributed by atoms with Crippen LogP contribution in [0.3, 0.4) is 0 Å². The molecular weight excluding hydrogens is 730 g/mol. The molecule has 0 saturated heterocycles. The summed E-state index contributed by atoms with van der Waals surface area (Å²) < 4.78 is 70.0. The normalized spacial score (nSPS) is 12.5. The van der Waals surface area contributed by atoms with Gasteiger partial charge >= 0.3 is 12.4 Å². The van der Waals surface area contributed by atoms with Gasteiger partial charge in [-0.1, -0.05) is 66.7 Å². The molecule has 55 heavy (non-hydrogen) atoms. The summed E-state index contributed by atoms with van der Waals surface area (Å²) >= 11 is 0. The number of carboxylic acids is 2. The van der Waals surface area contributed by atoms with Crippen LogP contribution in [0.15, 0.2) is 122 Å². The molecule has 15 heteroatoms. The highest BCUT2D eigenvalue weighted by molar-refractivity contribution is 5.89. The number of fused-ring (bicyclic) bond motifs is 2. The second-order valence-corrected chi connectivity index (χ2v) is 12.4. The third-order valence-corrected chi connectivity index (χ3v) is 8.23. The Labute approximate surface area is 311 Å². The molecule has 6 aromatic rings. The number of nitrogens with one attached hydrogen (secondary N) is 2. The number of hydrogen-bond acceptors (Lipinski definition) is 6. The minimum absolute atomic E-state index is 0. The van der Waals surface area contributed by atoms with Gasteiger partial charge < -0.3 is 35.9 Å². The van der Waals surface area contributed by atoms with Crippen LogP contribution in [-0.2, 0) is 35.8 Å². The van der Waals surface area contributed by atoms with Gasteiger partial charge in [-0.05, 0) is 29.3 Å². The van der Waals surface area contributed by atoms with E-state index in [1.807, 2.05) is 0 Å². The van der Waals surface area contributed by atoms with Crippen LogP contribution < -0.4 is 30.0 Å². The molecule has 288 valence electrons. The Hall–Kier alpha value is -6.22. The molecule has 5 heterocycles. The largest absolute Gasteiger partial charge is 0.550 e. The Morgan fingerprint density at radius 1 is 0.545 bits per heavy atom. The van der Waals surface area contributed by atoms with Gasteiger partial charge in [0.25, 0.3) is 0 Å². The number of aromatic nitrogens is 2. The van der Waals surface area contributed by atoms with Crippen LogP contribution in [-0.4, -0.2) is 29.8 Å². The summed E-state index contributed by atoms with van der Waals surface area (Å²) in [5, 5.41) is 28.2. The highest BCUT2D eigenvalue weighted by Crippen LogP contribution is 2.24. The molecule has 0 fully saturated rings. The first kappa shape index (κ1) is 41.5. The van der Waals surface area contributed by atoms with E-state index in [1.165, 1.54) is 44.1 Å². The molecule has 4 N–H and O–H groups in total. The second kappa shape index (κ2) is 18.2. The summed E-state index contributed by atoms with van der Waals surface area (Å²) in [4.78, 5) is 18.4. The van der Waals surface area contributed by atoms with Crippen molar-refractivity contribution < 1.29 is 60.8 Å². The number of alkyl halides is 6. The van der Waals surface area contributed by atoms with Crippen molar-refractivity contribution in [1.29, 1.82) is 0 Å². The van der Waals surface area contributed by atoms with E-state index in [0.717, 1.165) is 37.6 Å². The zero-order chi connectivity index (χ0) is 38.9. The first-order chi connectivity index (χ1) is 25.6. The van der Waals surface area contributed by atoms with Gasteiger partial charge in [0.15, 0.2) is 25.5 Å². The summed E-state index contributed by atoms with van der Waals surface area (Å²) in [7, 11) is 0. The minimum atomic E-state index is -4.64. The van der Waals surface area contributed by atoms with Crippen LogP contribution in [0.25, 0.3) is 21.8 Å². The number of pyridine rings is 2. The van der Waals surface area contributed by atoms with Crippen molar-refractivity contribution >= 4 is 45.1 Å². The van der Waals surface area contributed by atoms with Gasteiger partial charge in [-0.15, -0.1) is 0 Å². The lowest BCUT2D eigenvalue weighted by Crippen LogP contribution is -2.36. The first-order valence-corrected chi connectivity index (χ1v) is 16.6. The summed E-state index contributed by atoms with van der Waals surface area (Å²) in [5.74, 6) is -4.20. The molecule has 9 rings (SSSR count). The maximum Gasteiger partial charge on any atom is 0.394 e. The number of rotatable bonds is 2. The average Bonchev–Trinajstić information content (AvgIpc) is 3.10. The lowest BCUT2D eigenvalue weighted by atomic mass is 10.1. The second-order valence-electron chi connectivity index (χ2n) is 12.4. The molecule has 0 atom stereocenters. The molecule has 9 nitrogen and oxygen atoms in total. The van der Waals surface area contributed by atoms with E-state index in [0.29, 0.717) is 0 Å². The molecule has 0 spiro atoms. The smallest absolute Gasteiger partial charge is 0.394 e. The monoisotopic (exact) mass is 766 g/mol. The molecule has 0 amide bonds. The maximum atomic E-state index is 10.9. The molecular formula is C40H36F6N4O5. The number of aliphatic carboxylic acids is 2. The van der Waals surface area contributed by atoms with Gasteiger partial charge in [0.05, 0.1) is 46.9 Å². The predicted molar refractivity (Wildman–Crippen MR) is 189 cm³/mol. The van der Waals surface area contributed by atoms with Crippen molar-refractivity contribution in [3.8, 4) is 0 Å². The fourth-order valence-corrected chi connectivity index (χ4v) is 5.87. The van der Waals surface area contributed by atoms with Gasteiger partial charge in [-0.25, -0.2) is 0 Å². The number of carboxylic acid groups (broad SMARTS) is 2. The Bertz CT molecular complexity index is 2090. The van der Waals surface area contributed by atoms with Crippen molar-refractivity contribution in [3.05, 3.63) is 144 Å². The Morgan fingerprint density at radius 2 is 0.927 bits per heavy atom. The third-order valence-electron chi connectivity index (χ3n) is 8.23. The maximum absolute atomic E-state index is 10.9. The summed E-state index contributed by atoms with van der Waals surface area (Å²) in [5.41, 5.74) is 9.91. The fraction of sp³-hybridized carbons (Fsp3) is 0.200. The van der Waals surface area contributed by atoms with Crippen molar-refractivity contribution in [1.82, 2.24) is 0 Å². The van der Waals surface area contributed by atoms with Crippen LogP contribution in [0.1, 0.15) is 35.1 Å². The molecule has 0 radical (unpaired) electrons. The molecule has 0 saturated carbocycles. The van der Waals surface area contributed by atoms with Crippen LogP contribution in [0.5, 0.6) is 0 Å². The minimum Gasteiger partial charge on any atom is -0.550 e. The third kappa shape index (κ3) is 12.4. The van der Waals surface area contributed by atoms with E-state index in [-0.39, 0.29) is 5.48 Å². The Kier molecular flexibility index (Phi) is 13.8. The SMILES string of the molecule is O.O=C([O-])CC(F)(F)F.O=C([O-])CC(F)(F)F.c1cc2cc(c1)C[n+]1ccc(c3ccccc31)NCc1ccc(cc1)CNc1cc[n+](c3ccccc13)C2. The average molecular weight is 767 g/mol. The summed E-state index contributed by atoms with van der Waals surface area (Å²) in [6, 6.07) is 39.6. The lowest BCUT2D eigenvalue weighted by Gasteiger charge is -2.11. The van der Waals surface area contributed by atoms with Crippen LogP contribution in [0, 0.1) is 0 Å². The molecule has 3 aliphatic heterocycles. The van der Waals surface area contributed by atoms with E-state index in [9.17, 15) is 46.1 Å². The number of carbonyl (C=O) groups excluding carboxylic acids is 2. The predicted octanol–water partition coefficient (Wildman–Crippen LogP) is 4.75. The number of anilines is 2. The summed E-state index contributed by atoms with van der Waals surface area (Å²) in [6.45, 7) is 3.22. The zero-order valence-electron chi connectivity index (χ0n) is 29.1. The zero-order valence-corrected chi connectivity index (χ0v) is 29.1. The molecule has 0 unspecified atom stereocenters. The highest BCUT2D eigenvalue weighted by Gasteiger charge is 2.27. The molecule has 4 aromatic carbocycles. The molecule has 8 bridgehead atoms. The Morgan fingerprint density at radius 3 is 1.27 bits per heavy atom. The van der Waals surface area contributed by atoms with Crippen molar-refractivity contribution in [2.75, 3.05) is 10.6 Å². The molecule has 0 aliphatic carbocycles. The van der Waals surface area contributed by atoms with E-state index in [4.69, 9.17) is 0 Å². The standard InChI is InChI=1S/C34H28N4.2C3H3F3O2.H2O/c1-3-10-33-29(8-1)31-16-18-37(33)23-27-6-5-7-28(20-27)24-38-19-17-32(30-9-2-4-11-34(30)38)36-22-26-14-12-25(13-15-26)21-35-31;2*4-3(5,6)1-2(7)8;/h1-20H,21-24H2;2*1H2,(H,7,8);1H2. The number of nitrogens with zero attached hydrogens (tertiary/aromatic N) is 2. The van der Waals surface area contributed by atoms with Crippen molar-refractivity contribution in [2.45, 2.75) is 51.4 Å². The van der Waals surface area contributed by atoms with E-state index >= 15 is 0 Å². The van der Waals surface area contributed by atoms with Crippen LogP contribution in [0.2, 0.25) is 0 Å². The molecule has 2 aromatic heterocycles. The summed E-state index contributed by atoms with van der Waals surface area (Å²) in [6.07, 6.45) is -8.61. The van der Waals surface area contributed by atoms with Gasteiger partial charge in [-0.3, -0.25) is 0 Å². The number of para-hydroxylation sites is 2. The van der Waals surface area contributed by atoms with Crippen LogP contribution >= 0.6 is 0 Å². The van der Waals surface area contributed by atoms with Crippen molar-refractivity contribution in [3.63, 3.8) is 0 Å². The fourth-order valence-electron chi connectivity index (χ4n) is 5.87. The lowest BCUT2D eigenvalue weighted by molar-refractivity contribution is -0.663. The van der Waals surface area contributed by atoms with E-state index < -0.39 is 37.1 Å². The van der Waals surface area contributed by atoms with Gasteiger partial charge in [0.1, 0.15) is 0 Å². The first-order valence-electron chi connectivity index (χ1n) is 16.6. The van der Waals surface area contributed by atoms with Crippen molar-refractivity contribution in [2.24, 2.45) is 0 Å². The van der Waals surface area contributed by atoms with Gasteiger partial charge in [0.2, 0.25) is 11.0 Å². The topological polar surface area (TPSA) is 144 Å². The van der Waals surface area contributed by atoms with E-state index in [2.05, 4.69) is 141 Å². The molecule has 3 aliphatic rings. The van der Waals surface area contributed by atoms with Gasteiger partial charge in [-0.2, -0.15) is 35.5 Å². The number of hydrogen-bond donors (Lipinski definition) is 2. The highest BCUT2D eigenvalue weighted by atomic mass is 19.4.